The maximum Gasteiger partial charge on any atom is 0.256 e. The van der Waals surface area contributed by atoms with Gasteiger partial charge in [0.05, 0.1) is 10.6 Å². The maximum atomic E-state index is 13.0. The number of anilines is 1. The zero-order valence-electron chi connectivity index (χ0n) is 9.63. The Morgan fingerprint density at radius 3 is 2.78 bits per heavy atom. The van der Waals surface area contributed by atoms with Gasteiger partial charge in [-0.1, -0.05) is 18.5 Å². The third-order valence-corrected chi connectivity index (χ3v) is 2.88. The molecule has 0 atom stereocenters. The Bertz CT molecular complexity index is 654. The Labute approximate surface area is 108 Å². The largest absolute Gasteiger partial charge is 0.383 e. The predicted molar refractivity (Wildman–Crippen MR) is 69.1 cm³/mol. The van der Waals surface area contributed by atoms with Gasteiger partial charge in [0.2, 0.25) is 0 Å². The second kappa shape index (κ2) is 4.78. The van der Waals surface area contributed by atoms with Crippen molar-refractivity contribution in [1.29, 1.82) is 0 Å². The summed E-state index contributed by atoms with van der Waals surface area (Å²) in [5.41, 5.74) is 6.35. The van der Waals surface area contributed by atoms with Crippen molar-refractivity contribution in [3.05, 3.63) is 45.0 Å². The highest BCUT2D eigenvalue weighted by molar-refractivity contribution is 6.31. The van der Waals surface area contributed by atoms with E-state index in [1.54, 1.807) is 0 Å². The van der Waals surface area contributed by atoms with E-state index < -0.39 is 5.82 Å². The zero-order valence-corrected chi connectivity index (χ0v) is 10.4. The van der Waals surface area contributed by atoms with E-state index in [2.05, 4.69) is 9.97 Å². The van der Waals surface area contributed by atoms with Crippen LogP contribution in [-0.2, 0) is 6.42 Å². The Morgan fingerprint density at radius 1 is 1.50 bits per heavy atom. The number of hydrogen-bond acceptors (Lipinski definition) is 3. The van der Waals surface area contributed by atoms with E-state index in [1.807, 2.05) is 6.92 Å². The second-order valence-corrected chi connectivity index (χ2v) is 4.17. The van der Waals surface area contributed by atoms with E-state index in [0.717, 1.165) is 0 Å². The molecule has 0 spiro atoms. The van der Waals surface area contributed by atoms with Crippen LogP contribution in [-0.4, -0.2) is 9.97 Å². The summed E-state index contributed by atoms with van der Waals surface area (Å²) in [6, 6.07) is 4.08. The van der Waals surface area contributed by atoms with Crippen LogP contribution in [0.3, 0.4) is 0 Å². The Hall–Kier alpha value is -1.88. The molecule has 94 valence electrons. The third-order valence-electron chi connectivity index (χ3n) is 2.59. The highest BCUT2D eigenvalue weighted by Gasteiger charge is 2.10. The minimum Gasteiger partial charge on any atom is -0.383 e. The van der Waals surface area contributed by atoms with Gasteiger partial charge in [0, 0.05) is 5.56 Å². The first-order chi connectivity index (χ1) is 8.52. The number of nitrogens with one attached hydrogen (secondary N) is 1. The second-order valence-electron chi connectivity index (χ2n) is 3.76. The number of aromatic amines is 1. The van der Waals surface area contributed by atoms with Crippen LogP contribution in [0.15, 0.2) is 23.0 Å². The molecule has 3 N–H and O–H groups in total. The van der Waals surface area contributed by atoms with Crippen LogP contribution < -0.4 is 11.3 Å². The average molecular weight is 268 g/mol. The molecule has 0 saturated heterocycles. The molecular weight excluding hydrogens is 257 g/mol. The highest BCUT2D eigenvalue weighted by atomic mass is 35.5. The molecule has 0 aliphatic carbocycles. The number of hydrogen-bond donors (Lipinski definition) is 2. The van der Waals surface area contributed by atoms with Crippen molar-refractivity contribution in [2.75, 3.05) is 5.73 Å². The van der Waals surface area contributed by atoms with Crippen molar-refractivity contribution < 1.29 is 4.39 Å². The summed E-state index contributed by atoms with van der Waals surface area (Å²) in [7, 11) is 0. The Balaban J connectivity index is 2.58. The van der Waals surface area contributed by atoms with Crippen molar-refractivity contribution in [2.24, 2.45) is 0 Å². The molecule has 0 aliphatic rings. The van der Waals surface area contributed by atoms with Gasteiger partial charge in [-0.2, -0.15) is 0 Å². The predicted octanol–water partition coefficient (Wildman–Crippen LogP) is 2.37. The molecule has 2 rings (SSSR count). The fourth-order valence-corrected chi connectivity index (χ4v) is 1.82. The lowest BCUT2D eigenvalue weighted by Gasteiger charge is -2.06. The number of nitrogens with zero attached hydrogens (tertiary/aromatic N) is 1. The van der Waals surface area contributed by atoms with E-state index in [9.17, 15) is 9.18 Å². The molecule has 0 radical (unpaired) electrons. The van der Waals surface area contributed by atoms with Gasteiger partial charge in [-0.3, -0.25) is 4.79 Å². The summed E-state index contributed by atoms with van der Waals surface area (Å²) < 4.78 is 13.0. The SMILES string of the molecule is CCc1c(N)nc(-c2ccc(F)c(Cl)c2)[nH]c1=O. The van der Waals surface area contributed by atoms with E-state index in [-0.39, 0.29) is 22.2 Å². The minimum atomic E-state index is -0.527. The quantitative estimate of drug-likeness (QED) is 0.877. The van der Waals surface area contributed by atoms with Crippen molar-refractivity contribution in [2.45, 2.75) is 13.3 Å². The first kappa shape index (κ1) is 12.6. The topological polar surface area (TPSA) is 71.8 Å². The number of aromatic nitrogens is 2. The smallest absolute Gasteiger partial charge is 0.256 e. The van der Waals surface area contributed by atoms with E-state index in [4.69, 9.17) is 17.3 Å². The van der Waals surface area contributed by atoms with Crippen molar-refractivity contribution in [3.8, 4) is 11.4 Å². The van der Waals surface area contributed by atoms with Gasteiger partial charge in [-0.05, 0) is 24.6 Å². The van der Waals surface area contributed by atoms with E-state index >= 15 is 0 Å². The molecule has 0 amide bonds. The Morgan fingerprint density at radius 2 is 2.22 bits per heavy atom. The molecule has 2 aromatic rings. The normalized spacial score (nSPS) is 10.6. The summed E-state index contributed by atoms with van der Waals surface area (Å²) in [5, 5.41) is -0.0340. The maximum absolute atomic E-state index is 13.0. The van der Waals surface area contributed by atoms with E-state index in [0.29, 0.717) is 17.5 Å². The van der Waals surface area contributed by atoms with Crippen LogP contribution in [0.25, 0.3) is 11.4 Å². The average Bonchev–Trinajstić information content (AvgIpc) is 2.32. The third kappa shape index (κ3) is 2.22. The zero-order chi connectivity index (χ0) is 13.3. The lowest BCUT2D eigenvalue weighted by molar-refractivity contribution is 0.628. The van der Waals surface area contributed by atoms with Crippen molar-refractivity contribution >= 4 is 17.4 Å². The number of nitrogens with two attached hydrogens (primary N) is 1. The van der Waals surface area contributed by atoms with Gasteiger partial charge in [-0.15, -0.1) is 0 Å². The first-order valence-corrected chi connectivity index (χ1v) is 5.74. The van der Waals surface area contributed by atoms with Gasteiger partial charge in [0.15, 0.2) is 0 Å². The fourth-order valence-electron chi connectivity index (χ4n) is 1.64. The van der Waals surface area contributed by atoms with Crippen LogP contribution in [0.4, 0.5) is 10.2 Å². The molecule has 6 heteroatoms. The monoisotopic (exact) mass is 267 g/mol. The minimum absolute atomic E-state index is 0.0340. The van der Waals surface area contributed by atoms with Gasteiger partial charge in [0.25, 0.3) is 5.56 Å². The fraction of sp³-hybridized carbons (Fsp3) is 0.167. The molecule has 0 fully saturated rings. The number of halogens is 2. The number of benzene rings is 1. The van der Waals surface area contributed by atoms with Gasteiger partial charge >= 0.3 is 0 Å². The molecule has 0 bridgehead atoms. The molecule has 4 nitrogen and oxygen atoms in total. The van der Waals surface area contributed by atoms with Crippen LogP contribution in [0.1, 0.15) is 12.5 Å². The van der Waals surface area contributed by atoms with Gasteiger partial charge in [0.1, 0.15) is 17.5 Å². The summed E-state index contributed by atoms with van der Waals surface area (Å²) >= 11 is 5.68. The van der Waals surface area contributed by atoms with E-state index in [1.165, 1.54) is 18.2 Å². The summed E-state index contributed by atoms with van der Waals surface area (Å²) in [6.45, 7) is 1.82. The van der Waals surface area contributed by atoms with Crippen molar-refractivity contribution in [3.63, 3.8) is 0 Å². The number of nitrogen functional groups attached to an aromatic ring is 1. The Kier molecular flexibility index (Phi) is 3.34. The molecule has 0 aliphatic heterocycles. The summed E-state index contributed by atoms with van der Waals surface area (Å²) in [5.74, 6) is -0.0748. The molecule has 1 aromatic carbocycles. The van der Waals surface area contributed by atoms with Crippen LogP contribution >= 0.6 is 11.6 Å². The summed E-state index contributed by atoms with van der Waals surface area (Å²) in [6.07, 6.45) is 0.499. The van der Waals surface area contributed by atoms with Crippen LogP contribution in [0, 0.1) is 5.82 Å². The standard InChI is InChI=1S/C12H11ClFN3O/c1-2-7-10(15)16-11(17-12(7)18)6-3-4-9(14)8(13)5-6/h3-5H,2H2,1H3,(H3,15,16,17,18). The number of H-pyrrole nitrogens is 1. The number of rotatable bonds is 2. The highest BCUT2D eigenvalue weighted by Crippen LogP contribution is 2.22. The van der Waals surface area contributed by atoms with Crippen LogP contribution in [0.2, 0.25) is 5.02 Å². The molecule has 1 aromatic heterocycles. The van der Waals surface area contributed by atoms with Gasteiger partial charge < -0.3 is 10.7 Å². The molecule has 1 heterocycles. The summed E-state index contributed by atoms with van der Waals surface area (Å²) in [4.78, 5) is 18.4. The lowest BCUT2D eigenvalue weighted by Crippen LogP contribution is -2.17. The van der Waals surface area contributed by atoms with Gasteiger partial charge in [-0.25, -0.2) is 9.37 Å². The molecule has 18 heavy (non-hydrogen) atoms. The lowest BCUT2D eigenvalue weighted by atomic mass is 10.2. The molecule has 0 unspecified atom stereocenters. The first-order valence-electron chi connectivity index (χ1n) is 5.37. The molecule has 0 saturated carbocycles. The van der Waals surface area contributed by atoms with Crippen LogP contribution in [0.5, 0.6) is 0 Å². The molecular formula is C12H11ClFN3O. The van der Waals surface area contributed by atoms with Crippen molar-refractivity contribution in [1.82, 2.24) is 9.97 Å².